The van der Waals surface area contributed by atoms with Gasteiger partial charge in [0.2, 0.25) is 5.90 Å². The SMILES string of the molecule is C1CC(OCCC2CC3CCC(C2)C3)=NO1. The molecule has 90 valence electrons. The molecule has 3 rings (SSSR count). The van der Waals surface area contributed by atoms with Crippen LogP contribution in [0.15, 0.2) is 5.16 Å². The van der Waals surface area contributed by atoms with Crippen LogP contribution in [0, 0.1) is 17.8 Å². The van der Waals surface area contributed by atoms with E-state index in [1.165, 1.54) is 38.5 Å². The second-order valence-electron chi connectivity index (χ2n) is 5.59. The van der Waals surface area contributed by atoms with E-state index in [-0.39, 0.29) is 0 Å². The fraction of sp³-hybridized carbons (Fsp3) is 0.923. The molecule has 2 bridgehead atoms. The minimum atomic E-state index is 0.697. The molecule has 0 saturated heterocycles. The fourth-order valence-electron chi connectivity index (χ4n) is 3.62. The van der Waals surface area contributed by atoms with Crippen LogP contribution in [0.4, 0.5) is 0 Å². The zero-order valence-electron chi connectivity index (χ0n) is 9.86. The molecule has 3 heteroatoms. The Morgan fingerprint density at radius 2 is 2.00 bits per heavy atom. The molecule has 2 saturated carbocycles. The van der Waals surface area contributed by atoms with Crippen LogP contribution in [0.1, 0.15) is 44.9 Å². The summed E-state index contributed by atoms with van der Waals surface area (Å²) in [7, 11) is 0. The molecule has 2 atom stereocenters. The monoisotopic (exact) mass is 223 g/mol. The van der Waals surface area contributed by atoms with Crippen molar-refractivity contribution in [2.24, 2.45) is 22.9 Å². The number of ether oxygens (including phenoxy) is 1. The van der Waals surface area contributed by atoms with Crippen molar-refractivity contribution in [1.82, 2.24) is 0 Å². The zero-order valence-corrected chi connectivity index (χ0v) is 9.86. The van der Waals surface area contributed by atoms with E-state index >= 15 is 0 Å². The molecule has 2 aliphatic carbocycles. The zero-order chi connectivity index (χ0) is 10.8. The summed E-state index contributed by atoms with van der Waals surface area (Å²) in [5.74, 6) is 3.79. The minimum absolute atomic E-state index is 0.697. The molecule has 2 fully saturated rings. The molecule has 1 aliphatic heterocycles. The summed E-state index contributed by atoms with van der Waals surface area (Å²) in [5.41, 5.74) is 0. The predicted molar refractivity (Wildman–Crippen MR) is 62.1 cm³/mol. The van der Waals surface area contributed by atoms with Gasteiger partial charge in [0.05, 0.1) is 13.0 Å². The van der Waals surface area contributed by atoms with E-state index in [0.29, 0.717) is 6.61 Å². The Balaban J connectivity index is 1.39. The highest BCUT2D eigenvalue weighted by Gasteiger charge is 2.33. The Labute approximate surface area is 97.2 Å². The van der Waals surface area contributed by atoms with Crippen molar-refractivity contribution >= 4 is 5.90 Å². The van der Waals surface area contributed by atoms with Crippen LogP contribution in [0.25, 0.3) is 0 Å². The molecule has 3 nitrogen and oxygen atoms in total. The van der Waals surface area contributed by atoms with Gasteiger partial charge in [0.25, 0.3) is 0 Å². The number of rotatable bonds is 3. The number of oxime groups is 1. The first-order valence-corrected chi connectivity index (χ1v) is 6.72. The van der Waals surface area contributed by atoms with Crippen LogP contribution in [0.5, 0.6) is 0 Å². The lowest BCUT2D eigenvalue weighted by Crippen LogP contribution is -2.18. The Morgan fingerprint density at radius 3 is 2.69 bits per heavy atom. The van der Waals surface area contributed by atoms with E-state index in [4.69, 9.17) is 9.57 Å². The van der Waals surface area contributed by atoms with Crippen molar-refractivity contribution < 1.29 is 9.57 Å². The van der Waals surface area contributed by atoms with Crippen molar-refractivity contribution in [1.29, 1.82) is 0 Å². The van der Waals surface area contributed by atoms with Crippen LogP contribution >= 0.6 is 0 Å². The quantitative estimate of drug-likeness (QED) is 0.736. The molecular formula is C13H21NO2. The first-order chi connectivity index (χ1) is 7.90. The van der Waals surface area contributed by atoms with Crippen molar-refractivity contribution in [3.05, 3.63) is 0 Å². The smallest absolute Gasteiger partial charge is 0.229 e. The van der Waals surface area contributed by atoms with E-state index in [9.17, 15) is 0 Å². The molecular weight excluding hydrogens is 202 g/mol. The van der Waals surface area contributed by atoms with Crippen molar-refractivity contribution in [2.75, 3.05) is 13.2 Å². The number of fused-ring (bicyclic) bond motifs is 2. The molecule has 1 heterocycles. The number of hydrogen-bond acceptors (Lipinski definition) is 3. The summed E-state index contributed by atoms with van der Waals surface area (Å²) >= 11 is 0. The Hall–Kier alpha value is -0.730. The summed E-state index contributed by atoms with van der Waals surface area (Å²) in [5, 5.41) is 3.86. The molecule has 0 N–H and O–H groups in total. The topological polar surface area (TPSA) is 30.8 Å². The Morgan fingerprint density at radius 1 is 1.19 bits per heavy atom. The van der Waals surface area contributed by atoms with Gasteiger partial charge >= 0.3 is 0 Å². The van der Waals surface area contributed by atoms with Gasteiger partial charge in [-0.25, -0.2) is 0 Å². The highest BCUT2D eigenvalue weighted by Crippen LogP contribution is 2.45. The van der Waals surface area contributed by atoms with E-state index in [0.717, 1.165) is 36.7 Å². The molecule has 3 aliphatic rings. The third-order valence-corrected chi connectivity index (χ3v) is 4.35. The number of hydrogen-bond donors (Lipinski definition) is 0. The Bertz CT molecular complexity index is 265. The lowest BCUT2D eigenvalue weighted by Gasteiger charge is -2.27. The second-order valence-corrected chi connectivity index (χ2v) is 5.59. The van der Waals surface area contributed by atoms with Gasteiger partial charge in [-0.15, -0.1) is 0 Å². The van der Waals surface area contributed by atoms with Gasteiger partial charge in [-0.05, 0) is 43.4 Å². The second kappa shape index (κ2) is 4.64. The Kier molecular flexibility index (Phi) is 3.02. The van der Waals surface area contributed by atoms with Gasteiger partial charge in [-0.2, -0.15) is 0 Å². The van der Waals surface area contributed by atoms with Gasteiger partial charge in [-0.1, -0.05) is 18.0 Å². The van der Waals surface area contributed by atoms with Gasteiger partial charge < -0.3 is 9.57 Å². The summed E-state index contributed by atoms with van der Waals surface area (Å²) in [6, 6.07) is 0. The predicted octanol–water partition coefficient (Wildman–Crippen LogP) is 2.95. The van der Waals surface area contributed by atoms with Crippen molar-refractivity contribution in [2.45, 2.75) is 44.9 Å². The molecule has 2 unspecified atom stereocenters. The minimum Gasteiger partial charge on any atom is -0.479 e. The van der Waals surface area contributed by atoms with E-state index in [1.807, 2.05) is 0 Å². The maximum Gasteiger partial charge on any atom is 0.229 e. The average Bonchev–Trinajstić information content (AvgIpc) is 2.89. The van der Waals surface area contributed by atoms with Gasteiger partial charge in [0.1, 0.15) is 6.61 Å². The highest BCUT2D eigenvalue weighted by molar-refractivity contribution is 5.76. The maximum atomic E-state index is 5.62. The van der Waals surface area contributed by atoms with Gasteiger partial charge in [0.15, 0.2) is 0 Å². The van der Waals surface area contributed by atoms with Gasteiger partial charge in [0, 0.05) is 0 Å². The summed E-state index contributed by atoms with van der Waals surface area (Å²) < 4.78 is 5.62. The summed E-state index contributed by atoms with van der Waals surface area (Å²) in [6.07, 6.45) is 9.46. The number of nitrogens with zero attached hydrogens (tertiary/aromatic N) is 1. The van der Waals surface area contributed by atoms with Crippen LogP contribution in [-0.2, 0) is 9.57 Å². The first kappa shape index (κ1) is 10.4. The largest absolute Gasteiger partial charge is 0.479 e. The normalized spacial score (nSPS) is 37.0. The van der Waals surface area contributed by atoms with Crippen molar-refractivity contribution in [3.8, 4) is 0 Å². The molecule has 16 heavy (non-hydrogen) atoms. The molecule has 0 radical (unpaired) electrons. The molecule has 0 spiro atoms. The fourth-order valence-corrected chi connectivity index (χ4v) is 3.62. The van der Waals surface area contributed by atoms with Crippen LogP contribution in [-0.4, -0.2) is 19.1 Å². The van der Waals surface area contributed by atoms with Crippen LogP contribution in [0.3, 0.4) is 0 Å². The van der Waals surface area contributed by atoms with Gasteiger partial charge in [-0.3, -0.25) is 0 Å². The first-order valence-electron chi connectivity index (χ1n) is 6.72. The van der Waals surface area contributed by atoms with E-state index < -0.39 is 0 Å². The van der Waals surface area contributed by atoms with E-state index in [1.54, 1.807) is 0 Å². The lowest BCUT2D eigenvalue weighted by atomic mass is 9.80. The van der Waals surface area contributed by atoms with Crippen LogP contribution in [0.2, 0.25) is 0 Å². The lowest BCUT2D eigenvalue weighted by molar-refractivity contribution is 0.168. The third-order valence-electron chi connectivity index (χ3n) is 4.35. The van der Waals surface area contributed by atoms with E-state index in [2.05, 4.69) is 5.16 Å². The molecule has 0 aromatic rings. The molecule has 0 amide bonds. The summed E-state index contributed by atoms with van der Waals surface area (Å²) in [4.78, 5) is 4.91. The molecule has 0 aromatic heterocycles. The third kappa shape index (κ3) is 2.33. The van der Waals surface area contributed by atoms with Crippen molar-refractivity contribution in [3.63, 3.8) is 0 Å². The summed E-state index contributed by atoms with van der Waals surface area (Å²) in [6.45, 7) is 1.54. The highest BCUT2D eigenvalue weighted by atomic mass is 16.7. The molecule has 0 aromatic carbocycles. The van der Waals surface area contributed by atoms with Crippen LogP contribution < -0.4 is 0 Å². The average molecular weight is 223 g/mol. The maximum absolute atomic E-state index is 5.62. The standard InChI is InChI=1S/C13H21NO2/c1-2-11-7-10(1)8-12(9-11)3-5-15-13-4-6-16-14-13/h10-12H,1-9H2.